The molecular formula is C11H20F2O4. The number of carbonyl (C=O) groups is 2. The van der Waals surface area contributed by atoms with Crippen molar-refractivity contribution >= 4 is 11.9 Å². The van der Waals surface area contributed by atoms with Gasteiger partial charge < -0.3 is 9.47 Å². The van der Waals surface area contributed by atoms with Gasteiger partial charge in [0.2, 0.25) is 13.7 Å². The van der Waals surface area contributed by atoms with E-state index in [1.807, 2.05) is 13.8 Å². The van der Waals surface area contributed by atoms with Crippen LogP contribution in [-0.2, 0) is 19.1 Å². The highest BCUT2D eigenvalue weighted by Crippen LogP contribution is 2.02. The van der Waals surface area contributed by atoms with E-state index in [4.69, 9.17) is 0 Å². The van der Waals surface area contributed by atoms with E-state index in [2.05, 4.69) is 9.47 Å². The van der Waals surface area contributed by atoms with Crippen molar-refractivity contribution in [2.45, 2.75) is 40.0 Å². The van der Waals surface area contributed by atoms with Gasteiger partial charge in [-0.1, -0.05) is 20.8 Å². The largest absolute Gasteiger partial charge is 0.434 e. The Morgan fingerprint density at radius 1 is 1.12 bits per heavy atom. The number of hydrogen-bond acceptors (Lipinski definition) is 4. The summed E-state index contributed by atoms with van der Waals surface area (Å²) in [5.74, 6) is -1.10. The van der Waals surface area contributed by atoms with Crippen molar-refractivity contribution < 1.29 is 27.8 Å². The van der Waals surface area contributed by atoms with Crippen LogP contribution in [0.3, 0.4) is 0 Å². The molecule has 102 valence electrons. The van der Waals surface area contributed by atoms with Crippen LogP contribution >= 0.6 is 0 Å². The smallest absolute Gasteiger partial charge is 0.310 e. The van der Waals surface area contributed by atoms with E-state index in [9.17, 15) is 18.4 Å². The minimum Gasteiger partial charge on any atom is -0.434 e. The van der Waals surface area contributed by atoms with Crippen LogP contribution in [0.4, 0.5) is 8.78 Å². The third kappa shape index (κ3) is 12.7. The molecule has 1 unspecified atom stereocenters. The number of ether oxygens (including phenoxy) is 2. The molecule has 0 aromatic rings. The normalized spacial score (nSPS) is 10.9. The molecule has 0 N–H and O–H groups in total. The quantitative estimate of drug-likeness (QED) is 0.684. The maximum atomic E-state index is 11.3. The topological polar surface area (TPSA) is 52.6 Å². The van der Waals surface area contributed by atoms with Gasteiger partial charge in [0, 0.05) is 6.42 Å². The summed E-state index contributed by atoms with van der Waals surface area (Å²) in [7, 11) is 0. The summed E-state index contributed by atoms with van der Waals surface area (Å²) in [4.78, 5) is 20.7. The summed E-state index contributed by atoms with van der Waals surface area (Å²) in [5, 5.41) is 0. The van der Waals surface area contributed by atoms with Crippen LogP contribution in [0.5, 0.6) is 0 Å². The summed E-state index contributed by atoms with van der Waals surface area (Å²) in [6.07, 6.45) is 1.71. The molecule has 0 aliphatic heterocycles. The first-order valence-corrected chi connectivity index (χ1v) is 5.47. The average Bonchev–Trinajstić information content (AvgIpc) is 2.30. The van der Waals surface area contributed by atoms with Crippen molar-refractivity contribution in [1.29, 1.82) is 0 Å². The molecule has 0 aromatic carbocycles. The fraction of sp³-hybridized carbons (Fsp3) is 0.818. The molecule has 0 spiro atoms. The minimum atomic E-state index is -1.01. The number of rotatable bonds is 6. The number of hydrogen-bond donors (Lipinski definition) is 0. The van der Waals surface area contributed by atoms with Crippen LogP contribution in [0.15, 0.2) is 0 Å². The van der Waals surface area contributed by atoms with Gasteiger partial charge in [-0.05, 0) is 12.8 Å². The first-order chi connectivity index (χ1) is 8.03. The van der Waals surface area contributed by atoms with Crippen molar-refractivity contribution in [1.82, 2.24) is 0 Å². The van der Waals surface area contributed by atoms with Crippen LogP contribution in [-0.4, -0.2) is 25.7 Å². The Balaban J connectivity index is 0. The maximum Gasteiger partial charge on any atom is 0.310 e. The van der Waals surface area contributed by atoms with E-state index >= 15 is 0 Å². The molecule has 0 saturated heterocycles. The van der Waals surface area contributed by atoms with Gasteiger partial charge in [-0.25, -0.2) is 8.78 Å². The highest BCUT2D eigenvalue weighted by molar-refractivity contribution is 5.71. The Kier molecular flexibility index (Phi) is 13.8. The Morgan fingerprint density at radius 2 is 1.65 bits per heavy atom. The molecule has 0 aliphatic carbocycles. The first kappa shape index (κ1) is 18.2. The number of alkyl halides is 2. The Hall–Kier alpha value is -1.20. The summed E-state index contributed by atoms with van der Waals surface area (Å²) in [6.45, 7) is 3.38. The van der Waals surface area contributed by atoms with Gasteiger partial charge in [-0.3, -0.25) is 9.59 Å². The zero-order chi connectivity index (χ0) is 13.7. The van der Waals surface area contributed by atoms with Crippen LogP contribution in [0, 0.1) is 5.92 Å². The van der Waals surface area contributed by atoms with E-state index in [-0.39, 0.29) is 5.92 Å². The molecule has 17 heavy (non-hydrogen) atoms. The molecule has 6 heteroatoms. The van der Waals surface area contributed by atoms with Gasteiger partial charge in [0.1, 0.15) is 0 Å². The van der Waals surface area contributed by atoms with E-state index in [0.29, 0.717) is 19.3 Å². The highest BCUT2D eigenvalue weighted by atomic mass is 19.1. The van der Waals surface area contributed by atoms with Crippen molar-refractivity contribution in [3.63, 3.8) is 0 Å². The first-order valence-electron chi connectivity index (χ1n) is 5.47. The van der Waals surface area contributed by atoms with E-state index in [0.717, 1.165) is 0 Å². The van der Waals surface area contributed by atoms with Crippen LogP contribution in [0.25, 0.3) is 0 Å². The fourth-order valence-electron chi connectivity index (χ4n) is 0.700. The van der Waals surface area contributed by atoms with Gasteiger partial charge in [-0.15, -0.1) is 0 Å². The van der Waals surface area contributed by atoms with Crippen LogP contribution in [0.2, 0.25) is 0 Å². The second-order valence-electron chi connectivity index (χ2n) is 3.26. The Labute approximate surface area is 100 Å². The minimum absolute atomic E-state index is 0.180. The molecule has 0 amide bonds. The predicted molar refractivity (Wildman–Crippen MR) is 58.5 cm³/mol. The number of esters is 2. The molecule has 1 atom stereocenters. The third-order valence-electron chi connectivity index (χ3n) is 1.88. The second-order valence-corrected chi connectivity index (χ2v) is 3.26. The summed E-state index contributed by atoms with van der Waals surface area (Å²) < 4.78 is 30.5. The fourth-order valence-corrected chi connectivity index (χ4v) is 0.700. The lowest BCUT2D eigenvalue weighted by molar-refractivity contribution is -0.152. The lowest BCUT2D eigenvalue weighted by Crippen LogP contribution is -2.12. The van der Waals surface area contributed by atoms with Gasteiger partial charge in [-0.2, -0.15) is 0 Å². The van der Waals surface area contributed by atoms with Crippen LogP contribution in [0.1, 0.15) is 40.0 Å². The summed E-state index contributed by atoms with van der Waals surface area (Å²) in [5.41, 5.74) is 0. The standard InChI is InChI=1S/C6H11FO2.C5H9FO2/c1-3-5(2)6(8)9-4-7;1-2-3-5(7)8-4-6/h5H,3-4H2,1-2H3;2-4H2,1H3. The monoisotopic (exact) mass is 254 g/mol. The van der Waals surface area contributed by atoms with Crippen molar-refractivity contribution in [3.05, 3.63) is 0 Å². The van der Waals surface area contributed by atoms with Crippen molar-refractivity contribution in [2.24, 2.45) is 5.92 Å². The van der Waals surface area contributed by atoms with Gasteiger partial charge in [0.25, 0.3) is 0 Å². The molecule has 0 saturated carbocycles. The predicted octanol–water partition coefficient (Wildman–Crippen LogP) is 2.76. The van der Waals surface area contributed by atoms with E-state index in [1.54, 1.807) is 6.92 Å². The summed E-state index contributed by atoms with van der Waals surface area (Å²) >= 11 is 0. The number of halogens is 2. The Morgan fingerprint density at radius 3 is 2.00 bits per heavy atom. The zero-order valence-electron chi connectivity index (χ0n) is 10.5. The van der Waals surface area contributed by atoms with E-state index < -0.39 is 25.7 Å². The van der Waals surface area contributed by atoms with Gasteiger partial charge >= 0.3 is 11.9 Å². The van der Waals surface area contributed by atoms with Crippen LogP contribution < -0.4 is 0 Å². The number of carbonyl (C=O) groups excluding carboxylic acids is 2. The van der Waals surface area contributed by atoms with Gasteiger partial charge in [0.05, 0.1) is 5.92 Å². The molecule has 0 heterocycles. The SMILES string of the molecule is CCC(C)C(=O)OCF.CCCC(=O)OCF. The molecule has 4 nitrogen and oxygen atoms in total. The molecule has 0 bridgehead atoms. The van der Waals surface area contributed by atoms with Crippen molar-refractivity contribution in [3.8, 4) is 0 Å². The van der Waals surface area contributed by atoms with Gasteiger partial charge in [0.15, 0.2) is 0 Å². The average molecular weight is 254 g/mol. The third-order valence-corrected chi connectivity index (χ3v) is 1.88. The maximum absolute atomic E-state index is 11.3. The second kappa shape index (κ2) is 12.9. The zero-order valence-corrected chi connectivity index (χ0v) is 10.5. The molecule has 0 aromatic heterocycles. The van der Waals surface area contributed by atoms with Crippen molar-refractivity contribution in [2.75, 3.05) is 13.7 Å². The lowest BCUT2D eigenvalue weighted by Gasteiger charge is -2.04. The summed E-state index contributed by atoms with van der Waals surface area (Å²) in [6, 6.07) is 0. The molecule has 0 radical (unpaired) electrons. The van der Waals surface area contributed by atoms with E-state index in [1.165, 1.54) is 0 Å². The lowest BCUT2D eigenvalue weighted by atomic mass is 10.1. The molecule has 0 fully saturated rings. The highest BCUT2D eigenvalue weighted by Gasteiger charge is 2.10. The Bertz CT molecular complexity index is 202. The molecule has 0 aliphatic rings. The molecule has 0 rings (SSSR count). The molecular weight excluding hydrogens is 234 g/mol.